The van der Waals surface area contributed by atoms with E-state index >= 15 is 0 Å². The average molecular weight is 434 g/mol. The summed E-state index contributed by atoms with van der Waals surface area (Å²) in [7, 11) is 3.33. The average Bonchev–Trinajstić information content (AvgIpc) is 3.44. The molecule has 32 heavy (non-hydrogen) atoms. The van der Waals surface area contributed by atoms with E-state index < -0.39 is 0 Å². The summed E-state index contributed by atoms with van der Waals surface area (Å²) in [6.45, 7) is 1.27. The van der Waals surface area contributed by atoms with E-state index in [1.807, 2.05) is 23.2 Å². The van der Waals surface area contributed by atoms with Crippen molar-refractivity contribution in [2.75, 3.05) is 20.2 Å². The van der Waals surface area contributed by atoms with E-state index in [1.165, 1.54) is 12.1 Å². The molecule has 164 valence electrons. The summed E-state index contributed by atoms with van der Waals surface area (Å²) >= 11 is 0. The third kappa shape index (κ3) is 3.59. The van der Waals surface area contributed by atoms with Gasteiger partial charge in [-0.25, -0.2) is 13.9 Å². The Hall–Kier alpha value is -3.75. The molecule has 4 heterocycles. The van der Waals surface area contributed by atoms with Crippen LogP contribution < -0.4 is 4.74 Å². The maximum Gasteiger partial charge on any atom is 0.272 e. The van der Waals surface area contributed by atoms with Crippen molar-refractivity contribution in [3.8, 4) is 16.9 Å². The first-order valence-electron chi connectivity index (χ1n) is 10.5. The van der Waals surface area contributed by atoms with Gasteiger partial charge in [0.25, 0.3) is 5.91 Å². The van der Waals surface area contributed by atoms with Crippen LogP contribution >= 0.6 is 0 Å². The van der Waals surface area contributed by atoms with Gasteiger partial charge in [-0.3, -0.25) is 9.48 Å². The number of fused-ring (bicyclic) bond motifs is 1. The third-order valence-corrected chi connectivity index (χ3v) is 5.93. The van der Waals surface area contributed by atoms with Gasteiger partial charge in [0.15, 0.2) is 11.5 Å². The predicted molar refractivity (Wildman–Crippen MR) is 116 cm³/mol. The van der Waals surface area contributed by atoms with Gasteiger partial charge in [0.2, 0.25) is 0 Å². The molecule has 5 rings (SSSR count). The summed E-state index contributed by atoms with van der Waals surface area (Å²) in [6, 6.07) is 9.90. The van der Waals surface area contributed by atoms with Gasteiger partial charge < -0.3 is 9.64 Å². The van der Waals surface area contributed by atoms with Crippen LogP contribution in [0.2, 0.25) is 0 Å². The quantitative estimate of drug-likeness (QED) is 0.493. The van der Waals surface area contributed by atoms with Crippen LogP contribution in [0.15, 0.2) is 48.8 Å². The molecule has 1 aromatic carbocycles. The standard InChI is InChI=1S/C23H23FN6O2/c1-28-19(9-10-25-28)23(31)29-11-3-4-16(13-29)22-26-21-8-5-15(14-30(21)27-22)18-12-17(24)6-7-20(18)32-2/h5-10,12,14,16H,3-4,11,13H2,1-2H3/t16-/m1/s1. The second kappa shape index (κ2) is 8.07. The molecule has 1 atom stereocenters. The molecule has 1 saturated heterocycles. The number of aromatic nitrogens is 5. The van der Waals surface area contributed by atoms with Crippen LogP contribution in [-0.2, 0) is 7.05 Å². The smallest absolute Gasteiger partial charge is 0.272 e. The minimum Gasteiger partial charge on any atom is -0.496 e. The largest absolute Gasteiger partial charge is 0.496 e. The number of halogens is 1. The number of nitrogens with zero attached hydrogens (tertiary/aromatic N) is 6. The number of rotatable bonds is 4. The van der Waals surface area contributed by atoms with E-state index in [0.29, 0.717) is 41.6 Å². The molecule has 1 amide bonds. The minimum atomic E-state index is -0.333. The Morgan fingerprint density at radius 2 is 2.09 bits per heavy atom. The molecule has 0 N–H and O–H groups in total. The molecular weight excluding hydrogens is 411 g/mol. The number of carbonyl (C=O) groups is 1. The second-order valence-corrected chi connectivity index (χ2v) is 7.97. The highest BCUT2D eigenvalue weighted by molar-refractivity contribution is 5.92. The summed E-state index contributed by atoms with van der Waals surface area (Å²) in [4.78, 5) is 19.4. The molecule has 0 aliphatic carbocycles. The molecule has 3 aromatic heterocycles. The fourth-order valence-corrected chi connectivity index (χ4v) is 4.26. The zero-order valence-electron chi connectivity index (χ0n) is 17.9. The molecule has 0 saturated carbocycles. The number of benzene rings is 1. The Morgan fingerprint density at radius 1 is 1.22 bits per heavy atom. The van der Waals surface area contributed by atoms with Crippen molar-refractivity contribution < 1.29 is 13.9 Å². The Labute approximate surface area is 184 Å². The lowest BCUT2D eigenvalue weighted by atomic mass is 9.97. The van der Waals surface area contributed by atoms with Crippen LogP contribution in [0.4, 0.5) is 4.39 Å². The van der Waals surface area contributed by atoms with Crippen LogP contribution in [0.1, 0.15) is 35.1 Å². The number of pyridine rings is 1. The highest BCUT2D eigenvalue weighted by atomic mass is 19.1. The zero-order valence-corrected chi connectivity index (χ0v) is 17.9. The van der Waals surface area contributed by atoms with Crippen molar-refractivity contribution in [3.05, 3.63) is 66.1 Å². The predicted octanol–water partition coefficient (Wildman–Crippen LogP) is 3.30. The van der Waals surface area contributed by atoms with Gasteiger partial charge in [-0.2, -0.15) is 10.2 Å². The lowest BCUT2D eigenvalue weighted by molar-refractivity contribution is 0.0693. The van der Waals surface area contributed by atoms with Gasteiger partial charge >= 0.3 is 0 Å². The van der Waals surface area contributed by atoms with Gasteiger partial charge in [0.1, 0.15) is 17.3 Å². The number of hydrogen-bond donors (Lipinski definition) is 0. The van der Waals surface area contributed by atoms with Crippen molar-refractivity contribution in [2.24, 2.45) is 7.05 Å². The molecule has 9 heteroatoms. The first-order chi connectivity index (χ1) is 15.5. The van der Waals surface area contributed by atoms with E-state index in [1.54, 1.807) is 41.7 Å². The maximum atomic E-state index is 13.8. The Kier molecular flexibility index (Phi) is 5.08. The monoisotopic (exact) mass is 434 g/mol. The number of hydrogen-bond acceptors (Lipinski definition) is 5. The Bertz CT molecular complexity index is 1300. The van der Waals surface area contributed by atoms with Crippen molar-refractivity contribution in [1.82, 2.24) is 29.3 Å². The molecule has 0 spiro atoms. The first kappa shape index (κ1) is 20.2. The molecule has 0 unspecified atom stereocenters. The van der Waals surface area contributed by atoms with E-state index in [2.05, 4.69) is 5.10 Å². The van der Waals surface area contributed by atoms with Crippen molar-refractivity contribution >= 4 is 11.6 Å². The molecule has 1 aliphatic rings. The zero-order chi connectivity index (χ0) is 22.2. The maximum absolute atomic E-state index is 13.8. The summed E-state index contributed by atoms with van der Waals surface area (Å²) < 4.78 is 22.5. The van der Waals surface area contributed by atoms with E-state index in [9.17, 15) is 9.18 Å². The summed E-state index contributed by atoms with van der Waals surface area (Å²) in [5.74, 6) is 0.978. The topological polar surface area (TPSA) is 77.5 Å². The van der Waals surface area contributed by atoms with Crippen LogP contribution in [0.3, 0.4) is 0 Å². The minimum absolute atomic E-state index is 0.0288. The van der Waals surface area contributed by atoms with Crippen molar-refractivity contribution in [3.63, 3.8) is 0 Å². The van der Waals surface area contributed by atoms with Crippen LogP contribution in [0, 0.1) is 5.82 Å². The van der Waals surface area contributed by atoms with Crippen LogP contribution in [0.25, 0.3) is 16.8 Å². The van der Waals surface area contributed by atoms with Crippen LogP contribution in [-0.4, -0.2) is 55.4 Å². The van der Waals surface area contributed by atoms with Gasteiger partial charge in [0, 0.05) is 49.6 Å². The van der Waals surface area contributed by atoms with E-state index in [0.717, 1.165) is 18.4 Å². The van der Waals surface area contributed by atoms with Crippen molar-refractivity contribution in [2.45, 2.75) is 18.8 Å². The normalized spacial score (nSPS) is 16.5. The van der Waals surface area contributed by atoms with Gasteiger partial charge in [-0.1, -0.05) is 0 Å². The number of piperidine rings is 1. The first-order valence-corrected chi connectivity index (χ1v) is 10.5. The molecule has 0 bridgehead atoms. The highest BCUT2D eigenvalue weighted by Crippen LogP contribution is 2.31. The number of amides is 1. The molecule has 1 aliphatic heterocycles. The molecule has 4 aromatic rings. The summed E-state index contributed by atoms with van der Waals surface area (Å²) in [5.41, 5.74) is 2.70. The van der Waals surface area contributed by atoms with Crippen molar-refractivity contribution in [1.29, 1.82) is 0 Å². The fourth-order valence-electron chi connectivity index (χ4n) is 4.26. The highest BCUT2D eigenvalue weighted by Gasteiger charge is 2.29. The fraction of sp³-hybridized carbons (Fsp3) is 0.304. The van der Waals surface area contributed by atoms with E-state index in [4.69, 9.17) is 14.8 Å². The number of methoxy groups -OCH3 is 1. The van der Waals surface area contributed by atoms with E-state index in [-0.39, 0.29) is 17.6 Å². The summed E-state index contributed by atoms with van der Waals surface area (Å²) in [5, 5.41) is 8.79. The third-order valence-electron chi connectivity index (χ3n) is 5.93. The van der Waals surface area contributed by atoms with Gasteiger partial charge in [0.05, 0.1) is 7.11 Å². The SMILES string of the molecule is COc1ccc(F)cc1-c1ccc2nc([C@@H]3CCCN(C(=O)c4ccnn4C)C3)nn2c1. The number of ether oxygens (including phenoxy) is 1. The lowest BCUT2D eigenvalue weighted by Crippen LogP contribution is -2.40. The number of likely N-dealkylation sites (tertiary alicyclic amines) is 1. The molecule has 8 nitrogen and oxygen atoms in total. The van der Waals surface area contributed by atoms with Gasteiger partial charge in [-0.15, -0.1) is 0 Å². The second-order valence-electron chi connectivity index (χ2n) is 7.97. The van der Waals surface area contributed by atoms with Crippen LogP contribution in [0.5, 0.6) is 5.75 Å². The summed E-state index contributed by atoms with van der Waals surface area (Å²) in [6.07, 6.45) is 5.25. The molecular formula is C23H23FN6O2. The number of carbonyl (C=O) groups excluding carboxylic acids is 1. The Balaban J connectivity index is 1.42. The number of aryl methyl sites for hydroxylation is 1. The Morgan fingerprint density at radius 3 is 2.88 bits per heavy atom. The molecule has 1 fully saturated rings. The van der Waals surface area contributed by atoms with Gasteiger partial charge in [-0.05, 0) is 49.2 Å². The lowest BCUT2D eigenvalue weighted by Gasteiger charge is -2.31. The molecule has 0 radical (unpaired) electrons.